The standard InChI is InChI=1S/C30H35ClN4O3/c1-18-15-33-28(24-14-30(3,4)9-8-23(24)19(18)2)35-10-11-38-26-7-6-20(12-22(26)17-35)21-13-25(27(31)32-16-21)34-29(36)37-5/h6-7,12-13,15-16,18H,8-11,14,17H2,1-5H3,(H,34,36). The Labute approximate surface area is 229 Å². The van der Waals surface area contributed by atoms with E-state index in [0.29, 0.717) is 24.8 Å². The summed E-state index contributed by atoms with van der Waals surface area (Å²) in [5.41, 5.74) is 7.83. The lowest BCUT2D eigenvalue weighted by Crippen LogP contribution is -2.28. The number of carbonyl (C=O) groups excluding carboxylic acids is 1. The molecule has 200 valence electrons. The van der Waals surface area contributed by atoms with Gasteiger partial charge in [0.15, 0.2) is 5.15 Å². The second-order valence-electron chi connectivity index (χ2n) is 11.1. The lowest BCUT2D eigenvalue weighted by molar-refractivity contribution is 0.187. The summed E-state index contributed by atoms with van der Waals surface area (Å²) in [4.78, 5) is 23.5. The van der Waals surface area contributed by atoms with E-state index in [1.165, 1.54) is 30.2 Å². The van der Waals surface area contributed by atoms with Crippen LogP contribution in [0.5, 0.6) is 5.75 Å². The van der Waals surface area contributed by atoms with Crippen LogP contribution in [0.3, 0.4) is 0 Å². The molecular formula is C30H35ClN4O3. The van der Waals surface area contributed by atoms with Gasteiger partial charge in [-0.1, -0.05) is 44.0 Å². The molecule has 1 aromatic carbocycles. The monoisotopic (exact) mass is 534 g/mol. The molecule has 1 atom stereocenters. The number of benzene rings is 1. The first-order chi connectivity index (χ1) is 18.1. The summed E-state index contributed by atoms with van der Waals surface area (Å²) in [6.45, 7) is 11.3. The fraction of sp³-hybridized carbons (Fsp3) is 0.433. The van der Waals surface area contributed by atoms with Gasteiger partial charge in [0.05, 0.1) is 19.3 Å². The average molecular weight is 535 g/mol. The van der Waals surface area contributed by atoms with Gasteiger partial charge in [-0.05, 0) is 66.5 Å². The van der Waals surface area contributed by atoms with Gasteiger partial charge < -0.3 is 14.4 Å². The summed E-state index contributed by atoms with van der Waals surface area (Å²) in [5.74, 6) is 2.28. The third-order valence-electron chi connectivity index (χ3n) is 7.86. The van der Waals surface area contributed by atoms with Crippen molar-refractivity contribution in [3.8, 4) is 16.9 Å². The van der Waals surface area contributed by atoms with Gasteiger partial charge in [0.25, 0.3) is 0 Å². The molecule has 1 fully saturated rings. The van der Waals surface area contributed by atoms with Crippen LogP contribution in [-0.2, 0) is 11.3 Å². The first-order valence-corrected chi connectivity index (χ1v) is 13.5. The molecule has 0 bridgehead atoms. The number of fused-ring (bicyclic) bond motifs is 2. The number of methoxy groups -OCH3 is 1. The molecule has 3 heterocycles. The molecule has 1 aromatic heterocycles. The number of carbonyl (C=O) groups is 1. The van der Waals surface area contributed by atoms with Crippen LogP contribution in [0.1, 0.15) is 52.5 Å². The van der Waals surface area contributed by atoms with E-state index in [1.54, 1.807) is 12.3 Å². The van der Waals surface area contributed by atoms with Gasteiger partial charge >= 0.3 is 6.09 Å². The van der Waals surface area contributed by atoms with E-state index in [2.05, 4.69) is 55.2 Å². The quantitative estimate of drug-likeness (QED) is 0.420. The van der Waals surface area contributed by atoms with Crippen molar-refractivity contribution in [3.63, 3.8) is 0 Å². The van der Waals surface area contributed by atoms with Crippen LogP contribution in [0.15, 0.2) is 58.0 Å². The largest absolute Gasteiger partial charge is 0.491 e. The van der Waals surface area contributed by atoms with Crippen molar-refractivity contribution in [2.75, 3.05) is 25.6 Å². The number of pyridine rings is 1. The molecule has 1 amide bonds. The maximum Gasteiger partial charge on any atom is 0.411 e. The van der Waals surface area contributed by atoms with E-state index in [4.69, 9.17) is 26.1 Å². The number of aliphatic imine (C=N–C) groups is 1. The van der Waals surface area contributed by atoms with Crippen molar-refractivity contribution in [1.82, 2.24) is 9.88 Å². The van der Waals surface area contributed by atoms with Crippen LogP contribution in [0.4, 0.5) is 10.5 Å². The number of ether oxygens (including phenoxy) is 2. The highest BCUT2D eigenvalue weighted by Gasteiger charge is 2.33. The maximum atomic E-state index is 11.7. The Kier molecular flexibility index (Phi) is 7.23. The van der Waals surface area contributed by atoms with E-state index >= 15 is 0 Å². The highest BCUT2D eigenvalue weighted by molar-refractivity contribution is 6.32. The second-order valence-corrected chi connectivity index (χ2v) is 11.5. The maximum absolute atomic E-state index is 11.7. The molecule has 1 unspecified atom stereocenters. The molecule has 1 saturated carbocycles. The first-order valence-electron chi connectivity index (χ1n) is 13.1. The summed E-state index contributed by atoms with van der Waals surface area (Å²) >= 11 is 6.21. The highest BCUT2D eigenvalue weighted by atomic mass is 35.5. The number of nitrogens with one attached hydrogen (secondary N) is 1. The minimum atomic E-state index is -0.598. The summed E-state index contributed by atoms with van der Waals surface area (Å²) in [7, 11) is 1.31. The highest BCUT2D eigenvalue weighted by Crippen LogP contribution is 2.46. The van der Waals surface area contributed by atoms with Crippen LogP contribution in [-0.4, -0.2) is 42.5 Å². The number of anilines is 1. The number of hydrogen-bond acceptors (Lipinski definition) is 6. The molecule has 0 saturated heterocycles. The lowest BCUT2D eigenvalue weighted by atomic mass is 9.71. The van der Waals surface area contributed by atoms with Crippen LogP contribution >= 0.6 is 11.6 Å². The van der Waals surface area contributed by atoms with Gasteiger partial charge in [-0.25, -0.2) is 14.8 Å². The molecule has 2 aliphatic heterocycles. The van der Waals surface area contributed by atoms with E-state index in [-0.39, 0.29) is 10.6 Å². The Balaban J connectivity index is 1.51. The SMILES string of the molecule is COC(=O)Nc1cc(-c2ccc3c(c2)CN(C2=C4CC(C)(C)CCC4=C(C)C(C)C=N2)CCO3)cnc1Cl. The molecule has 5 rings (SSSR count). The molecule has 38 heavy (non-hydrogen) atoms. The van der Waals surface area contributed by atoms with E-state index in [0.717, 1.165) is 47.6 Å². The van der Waals surface area contributed by atoms with Crippen molar-refractivity contribution < 1.29 is 14.3 Å². The molecule has 8 heteroatoms. The Morgan fingerprint density at radius 1 is 1.24 bits per heavy atom. The van der Waals surface area contributed by atoms with Crippen LogP contribution in [0.2, 0.25) is 5.15 Å². The van der Waals surface area contributed by atoms with Crippen molar-refractivity contribution in [2.24, 2.45) is 16.3 Å². The van der Waals surface area contributed by atoms with Crippen molar-refractivity contribution in [2.45, 2.75) is 53.5 Å². The molecule has 0 spiro atoms. The number of halogens is 1. The van der Waals surface area contributed by atoms with Crippen LogP contribution < -0.4 is 10.1 Å². The second kappa shape index (κ2) is 10.4. The molecular weight excluding hydrogens is 500 g/mol. The first kappa shape index (κ1) is 26.3. The number of rotatable bonds is 3. The van der Waals surface area contributed by atoms with E-state index < -0.39 is 6.09 Å². The molecule has 7 nitrogen and oxygen atoms in total. The zero-order valence-electron chi connectivity index (χ0n) is 22.7. The van der Waals surface area contributed by atoms with Gasteiger partial charge in [-0.15, -0.1) is 0 Å². The topological polar surface area (TPSA) is 76.0 Å². The summed E-state index contributed by atoms with van der Waals surface area (Å²) in [5, 5.41) is 2.82. The number of nitrogens with zero attached hydrogens (tertiary/aromatic N) is 3. The summed E-state index contributed by atoms with van der Waals surface area (Å²) < 4.78 is 10.9. The fourth-order valence-corrected chi connectivity index (χ4v) is 5.62. The Morgan fingerprint density at radius 2 is 2.05 bits per heavy atom. The molecule has 1 N–H and O–H groups in total. The van der Waals surface area contributed by atoms with Crippen LogP contribution in [0, 0.1) is 11.3 Å². The third kappa shape index (κ3) is 5.30. The smallest absolute Gasteiger partial charge is 0.411 e. The van der Waals surface area contributed by atoms with Gasteiger partial charge in [-0.2, -0.15) is 0 Å². The minimum Gasteiger partial charge on any atom is -0.491 e. The molecule has 3 aliphatic rings. The number of hydrogen-bond donors (Lipinski definition) is 1. The molecule has 2 aromatic rings. The predicted octanol–water partition coefficient (Wildman–Crippen LogP) is 7.23. The summed E-state index contributed by atoms with van der Waals surface area (Å²) in [6.07, 6.45) is 6.53. The number of allylic oxidation sites excluding steroid dienone is 3. The zero-order valence-corrected chi connectivity index (χ0v) is 23.5. The Bertz CT molecular complexity index is 1360. The lowest BCUT2D eigenvalue weighted by Gasteiger charge is -2.36. The normalized spacial score (nSPS) is 20.7. The van der Waals surface area contributed by atoms with Crippen LogP contribution in [0.25, 0.3) is 11.1 Å². The molecule has 1 aliphatic carbocycles. The summed E-state index contributed by atoms with van der Waals surface area (Å²) in [6, 6.07) is 7.94. The Hall–Kier alpha value is -3.32. The molecule has 0 radical (unpaired) electrons. The van der Waals surface area contributed by atoms with Crippen molar-refractivity contribution in [3.05, 3.63) is 63.7 Å². The van der Waals surface area contributed by atoms with Crippen molar-refractivity contribution in [1.29, 1.82) is 0 Å². The van der Waals surface area contributed by atoms with Gasteiger partial charge in [-0.3, -0.25) is 5.32 Å². The third-order valence-corrected chi connectivity index (χ3v) is 8.16. The fourth-order valence-electron chi connectivity index (χ4n) is 5.47. The van der Waals surface area contributed by atoms with Gasteiger partial charge in [0, 0.05) is 36.0 Å². The number of aromatic nitrogens is 1. The minimum absolute atomic E-state index is 0.201. The van der Waals surface area contributed by atoms with Crippen molar-refractivity contribution >= 4 is 29.6 Å². The Morgan fingerprint density at radius 3 is 2.84 bits per heavy atom. The van der Waals surface area contributed by atoms with Gasteiger partial charge in [0.2, 0.25) is 0 Å². The van der Waals surface area contributed by atoms with Gasteiger partial charge in [0.1, 0.15) is 18.2 Å². The van der Waals surface area contributed by atoms with E-state index in [1.807, 2.05) is 12.1 Å². The predicted molar refractivity (Wildman–Crippen MR) is 152 cm³/mol. The zero-order chi connectivity index (χ0) is 27.0. The number of amides is 1. The van der Waals surface area contributed by atoms with E-state index in [9.17, 15) is 4.79 Å². The average Bonchev–Trinajstić information content (AvgIpc) is 3.17.